The Morgan fingerprint density at radius 1 is 1.47 bits per heavy atom. The van der Waals surface area contributed by atoms with Gasteiger partial charge in [0.15, 0.2) is 12.5 Å². The van der Waals surface area contributed by atoms with E-state index < -0.39 is 42.1 Å². The second kappa shape index (κ2) is 4.79. The minimum absolute atomic E-state index is 0.214. The number of hydrogen-bond acceptors (Lipinski definition) is 5. The number of H-pyrrole nitrogens is 1. The van der Waals surface area contributed by atoms with Gasteiger partial charge in [-0.05, 0) is 0 Å². The Morgan fingerprint density at radius 2 is 2.16 bits per heavy atom. The van der Waals surface area contributed by atoms with Crippen LogP contribution < -0.4 is 11.2 Å². The molecule has 2 atom stereocenters. The fraction of sp³-hybridized carbons (Fsp3) is 0.556. The summed E-state index contributed by atoms with van der Waals surface area (Å²) in [5.41, 5.74) is -4.08. The molecule has 0 spiro atoms. The summed E-state index contributed by atoms with van der Waals surface area (Å²) in [6, 6.07) is 0. The molecule has 7 nitrogen and oxygen atoms in total. The topological polar surface area (TPSA) is 93.6 Å². The molecule has 0 bridgehead atoms. The average molecular weight is 282 g/mol. The van der Waals surface area contributed by atoms with Crippen molar-refractivity contribution in [1.29, 1.82) is 0 Å². The Balaban J connectivity index is 2.42. The summed E-state index contributed by atoms with van der Waals surface area (Å²) in [7, 11) is 0. The van der Waals surface area contributed by atoms with Gasteiger partial charge in [0.05, 0.1) is 13.2 Å². The maximum absolute atomic E-state index is 12.5. The van der Waals surface area contributed by atoms with Gasteiger partial charge in [-0.15, -0.1) is 0 Å². The van der Waals surface area contributed by atoms with Gasteiger partial charge in [0.1, 0.15) is 5.56 Å². The molecule has 0 unspecified atom stereocenters. The van der Waals surface area contributed by atoms with Gasteiger partial charge >= 0.3 is 11.9 Å². The minimum Gasteiger partial charge on any atom is -0.391 e. The van der Waals surface area contributed by atoms with Gasteiger partial charge in [0, 0.05) is 6.20 Å². The van der Waals surface area contributed by atoms with Gasteiger partial charge in [-0.2, -0.15) is 13.2 Å². The third-order valence-corrected chi connectivity index (χ3v) is 2.47. The van der Waals surface area contributed by atoms with E-state index in [0.717, 1.165) is 0 Å². The quantitative estimate of drug-likeness (QED) is 0.757. The second-order valence-corrected chi connectivity index (χ2v) is 3.74. The van der Waals surface area contributed by atoms with Crippen LogP contribution in [0.3, 0.4) is 0 Å². The third kappa shape index (κ3) is 2.69. The zero-order valence-electron chi connectivity index (χ0n) is 9.31. The predicted molar refractivity (Wildman–Crippen MR) is 53.3 cm³/mol. The monoisotopic (exact) mass is 282 g/mol. The number of nitrogens with zero attached hydrogens (tertiary/aromatic N) is 1. The smallest absolute Gasteiger partial charge is 0.391 e. The summed E-state index contributed by atoms with van der Waals surface area (Å²) in [6.07, 6.45) is -6.67. The first kappa shape index (κ1) is 13.8. The van der Waals surface area contributed by atoms with Crippen molar-refractivity contribution in [1.82, 2.24) is 9.55 Å². The zero-order chi connectivity index (χ0) is 14.2. The lowest BCUT2D eigenvalue weighted by Gasteiger charge is -2.14. The average Bonchev–Trinajstić information content (AvgIpc) is 2.75. The highest BCUT2D eigenvalue weighted by atomic mass is 19.4. The number of ether oxygens (including phenoxy) is 2. The van der Waals surface area contributed by atoms with Crippen LogP contribution in [0.1, 0.15) is 11.8 Å². The molecule has 0 saturated carbocycles. The fourth-order valence-electron chi connectivity index (χ4n) is 1.59. The number of alkyl halides is 3. The van der Waals surface area contributed by atoms with Crippen LogP contribution in [-0.2, 0) is 15.7 Å². The molecule has 0 radical (unpaired) electrons. The molecule has 2 rings (SSSR count). The summed E-state index contributed by atoms with van der Waals surface area (Å²) in [5.74, 6) is 0. The standard InChI is InChI=1S/C9H9F3N2O5/c10-9(11,12)4-1-14(8(17)13-7(4)16)5-3-18-6(2-15)19-5/h1,5-6,15H,2-3H2,(H,13,16,17)/t5-,6-/m1/s1. The number of aromatic amines is 1. The number of aromatic nitrogens is 2. The van der Waals surface area contributed by atoms with Crippen LogP contribution >= 0.6 is 0 Å². The van der Waals surface area contributed by atoms with E-state index in [9.17, 15) is 22.8 Å². The van der Waals surface area contributed by atoms with E-state index in [1.807, 2.05) is 0 Å². The van der Waals surface area contributed by atoms with Crippen molar-refractivity contribution in [3.8, 4) is 0 Å². The molecule has 1 aliphatic rings. The Morgan fingerprint density at radius 3 is 2.68 bits per heavy atom. The lowest BCUT2D eigenvalue weighted by molar-refractivity contribution is -0.139. The van der Waals surface area contributed by atoms with Gasteiger partial charge in [0.2, 0.25) is 0 Å². The maximum Gasteiger partial charge on any atom is 0.423 e. The van der Waals surface area contributed by atoms with Crippen LogP contribution in [0, 0.1) is 0 Å². The van der Waals surface area contributed by atoms with Gasteiger partial charge in [0.25, 0.3) is 5.56 Å². The first-order chi connectivity index (χ1) is 8.82. The highest BCUT2D eigenvalue weighted by Crippen LogP contribution is 2.27. The molecule has 1 aromatic rings. The van der Waals surface area contributed by atoms with Crippen molar-refractivity contribution < 1.29 is 27.8 Å². The highest BCUT2D eigenvalue weighted by molar-refractivity contribution is 5.09. The summed E-state index contributed by atoms with van der Waals surface area (Å²) in [6.45, 7) is -0.713. The Bertz CT molecular complexity index is 578. The number of rotatable bonds is 2. The summed E-state index contributed by atoms with van der Waals surface area (Å²) < 4.78 is 48.1. The van der Waals surface area contributed by atoms with Gasteiger partial charge < -0.3 is 14.6 Å². The molecule has 106 valence electrons. The van der Waals surface area contributed by atoms with Crippen molar-refractivity contribution >= 4 is 0 Å². The predicted octanol–water partition coefficient (Wildman–Crippen LogP) is -0.581. The lowest BCUT2D eigenvalue weighted by Crippen LogP contribution is -2.37. The van der Waals surface area contributed by atoms with Crippen LogP contribution in [0.25, 0.3) is 0 Å². The summed E-state index contributed by atoms with van der Waals surface area (Å²) in [5, 5.41) is 8.75. The molecule has 2 heterocycles. The van der Waals surface area contributed by atoms with E-state index in [1.165, 1.54) is 0 Å². The van der Waals surface area contributed by atoms with Gasteiger partial charge in [-0.25, -0.2) is 4.79 Å². The van der Waals surface area contributed by atoms with Crippen molar-refractivity contribution in [2.45, 2.75) is 18.7 Å². The molecule has 0 amide bonds. The first-order valence-corrected chi connectivity index (χ1v) is 5.13. The number of aliphatic hydroxyl groups is 1. The van der Waals surface area contributed by atoms with Crippen LogP contribution in [-0.4, -0.2) is 34.2 Å². The summed E-state index contributed by atoms with van der Waals surface area (Å²) in [4.78, 5) is 24.1. The number of hydrogen-bond donors (Lipinski definition) is 2. The Hall–Kier alpha value is -1.65. The number of halogens is 3. The maximum atomic E-state index is 12.5. The first-order valence-electron chi connectivity index (χ1n) is 5.13. The summed E-state index contributed by atoms with van der Waals surface area (Å²) >= 11 is 0. The number of nitrogens with one attached hydrogen (secondary N) is 1. The van der Waals surface area contributed by atoms with Crippen LogP contribution in [0.4, 0.5) is 13.2 Å². The minimum atomic E-state index is -4.89. The highest BCUT2D eigenvalue weighted by Gasteiger charge is 2.36. The second-order valence-electron chi connectivity index (χ2n) is 3.74. The zero-order valence-corrected chi connectivity index (χ0v) is 9.31. The molecule has 1 aromatic heterocycles. The Kier molecular flexibility index (Phi) is 3.47. The number of aliphatic hydroxyl groups excluding tert-OH is 1. The van der Waals surface area contributed by atoms with Gasteiger partial charge in [-0.3, -0.25) is 14.3 Å². The Labute approximate surface area is 103 Å². The van der Waals surface area contributed by atoms with E-state index in [2.05, 4.69) is 0 Å². The molecule has 1 fully saturated rings. The van der Waals surface area contributed by atoms with Crippen molar-refractivity contribution in [2.24, 2.45) is 0 Å². The van der Waals surface area contributed by atoms with Crippen molar-refractivity contribution in [3.05, 3.63) is 32.6 Å². The largest absolute Gasteiger partial charge is 0.423 e. The molecule has 10 heteroatoms. The van der Waals surface area contributed by atoms with Crippen LogP contribution in [0.2, 0.25) is 0 Å². The molecular weight excluding hydrogens is 273 g/mol. The van der Waals surface area contributed by atoms with E-state index in [-0.39, 0.29) is 6.61 Å². The van der Waals surface area contributed by atoms with Crippen LogP contribution in [0.5, 0.6) is 0 Å². The van der Waals surface area contributed by atoms with E-state index in [0.29, 0.717) is 10.8 Å². The molecule has 0 aliphatic carbocycles. The molecule has 1 aliphatic heterocycles. The fourth-order valence-corrected chi connectivity index (χ4v) is 1.59. The van der Waals surface area contributed by atoms with Crippen molar-refractivity contribution in [3.63, 3.8) is 0 Å². The SMILES string of the molecule is O=c1[nH]c(=O)n([C@H]2CO[C@@H](CO)O2)cc1C(F)(F)F. The van der Waals surface area contributed by atoms with Gasteiger partial charge in [-0.1, -0.05) is 0 Å². The molecule has 0 aromatic carbocycles. The van der Waals surface area contributed by atoms with E-state index in [4.69, 9.17) is 14.6 Å². The third-order valence-electron chi connectivity index (χ3n) is 2.47. The molecule has 2 N–H and O–H groups in total. The molecule has 19 heavy (non-hydrogen) atoms. The van der Waals surface area contributed by atoms with Crippen LogP contribution in [0.15, 0.2) is 15.8 Å². The normalized spacial score (nSPS) is 23.8. The van der Waals surface area contributed by atoms with E-state index >= 15 is 0 Å². The van der Waals surface area contributed by atoms with Crippen molar-refractivity contribution in [2.75, 3.05) is 13.2 Å². The molecule has 1 saturated heterocycles. The molecular formula is C9H9F3N2O5. The van der Waals surface area contributed by atoms with E-state index in [1.54, 1.807) is 4.98 Å². The lowest BCUT2D eigenvalue weighted by atomic mass is 10.3.